The molecule has 0 aliphatic rings. The molecule has 0 amide bonds. The fourth-order valence-electron chi connectivity index (χ4n) is 2.79. The van der Waals surface area contributed by atoms with Gasteiger partial charge < -0.3 is 9.63 Å². The number of rotatable bonds is 4. The Balaban J connectivity index is 1.94. The molecule has 27 heavy (non-hydrogen) atoms. The zero-order valence-corrected chi connectivity index (χ0v) is 16.6. The van der Waals surface area contributed by atoms with Crippen LogP contribution in [0.1, 0.15) is 17.2 Å². The SMILES string of the molecule is OC(c1cccnc1)c1c(-c2cc(Cl)sc2Cl)noc1-c1cccc(Cl)c1. The molecule has 0 saturated heterocycles. The Kier molecular flexibility index (Phi) is 5.21. The molecule has 8 heteroatoms. The molecule has 4 nitrogen and oxygen atoms in total. The Labute approximate surface area is 173 Å². The molecule has 1 aromatic carbocycles. The normalized spacial score (nSPS) is 12.3. The molecule has 0 aliphatic carbocycles. The summed E-state index contributed by atoms with van der Waals surface area (Å²) in [5.41, 5.74) is 2.79. The summed E-state index contributed by atoms with van der Waals surface area (Å²) in [6, 6.07) is 12.4. The Morgan fingerprint density at radius 3 is 2.59 bits per heavy atom. The highest BCUT2D eigenvalue weighted by molar-refractivity contribution is 7.20. The van der Waals surface area contributed by atoms with Gasteiger partial charge in [0.2, 0.25) is 0 Å². The lowest BCUT2D eigenvalue weighted by Crippen LogP contribution is -2.02. The number of hydrogen-bond acceptors (Lipinski definition) is 5. The predicted octanol–water partition coefficient (Wildman–Crippen LogP) is 6.51. The van der Waals surface area contributed by atoms with Crippen LogP contribution in [-0.4, -0.2) is 15.2 Å². The lowest BCUT2D eigenvalue weighted by molar-refractivity contribution is 0.220. The number of pyridine rings is 1. The van der Waals surface area contributed by atoms with Gasteiger partial charge in [0.05, 0.1) is 9.90 Å². The van der Waals surface area contributed by atoms with Crippen LogP contribution >= 0.6 is 46.1 Å². The Morgan fingerprint density at radius 1 is 1.07 bits per heavy atom. The van der Waals surface area contributed by atoms with E-state index in [1.165, 1.54) is 11.3 Å². The maximum atomic E-state index is 11.1. The third kappa shape index (κ3) is 3.61. The minimum atomic E-state index is -1.02. The van der Waals surface area contributed by atoms with E-state index in [1.807, 2.05) is 6.07 Å². The van der Waals surface area contributed by atoms with E-state index in [9.17, 15) is 5.11 Å². The Morgan fingerprint density at radius 2 is 1.93 bits per heavy atom. The average Bonchev–Trinajstić information content (AvgIpc) is 3.24. The lowest BCUT2D eigenvalue weighted by atomic mass is 9.96. The number of nitrogens with zero attached hydrogens (tertiary/aromatic N) is 2. The van der Waals surface area contributed by atoms with Gasteiger partial charge in [-0.3, -0.25) is 4.98 Å². The molecule has 3 aromatic heterocycles. The summed E-state index contributed by atoms with van der Waals surface area (Å²) in [5, 5.41) is 15.8. The molecule has 136 valence electrons. The molecule has 1 atom stereocenters. The lowest BCUT2D eigenvalue weighted by Gasteiger charge is -2.12. The summed E-state index contributed by atoms with van der Waals surface area (Å²) in [4.78, 5) is 4.08. The van der Waals surface area contributed by atoms with Gasteiger partial charge in [-0.05, 0) is 24.3 Å². The predicted molar refractivity (Wildman–Crippen MR) is 109 cm³/mol. The molecular formula is C19H11Cl3N2O2S. The Hall–Kier alpha value is -1.89. The zero-order valence-electron chi connectivity index (χ0n) is 13.6. The van der Waals surface area contributed by atoms with Gasteiger partial charge in [0.15, 0.2) is 5.76 Å². The number of aliphatic hydroxyl groups is 1. The van der Waals surface area contributed by atoms with Gasteiger partial charge in [-0.15, -0.1) is 11.3 Å². The standard InChI is InChI=1S/C19H11Cl3N2O2S/c20-12-5-1-3-10(7-12)18-15(17(25)11-4-2-6-23-9-11)16(24-26-18)13-8-14(21)27-19(13)22/h1-9,17,25H. The van der Waals surface area contributed by atoms with E-state index in [1.54, 1.807) is 48.8 Å². The van der Waals surface area contributed by atoms with Crippen molar-refractivity contribution in [2.75, 3.05) is 0 Å². The minimum absolute atomic E-state index is 0.405. The summed E-state index contributed by atoms with van der Waals surface area (Å²) < 4.78 is 6.59. The van der Waals surface area contributed by atoms with Crippen molar-refractivity contribution in [3.05, 3.63) is 79.7 Å². The third-order valence-corrected chi connectivity index (χ3v) is 5.72. The highest BCUT2D eigenvalue weighted by Crippen LogP contribution is 2.44. The van der Waals surface area contributed by atoms with Crippen molar-refractivity contribution in [3.63, 3.8) is 0 Å². The van der Waals surface area contributed by atoms with Crippen molar-refractivity contribution in [2.45, 2.75) is 6.10 Å². The second-order valence-electron chi connectivity index (χ2n) is 5.71. The highest BCUT2D eigenvalue weighted by Gasteiger charge is 2.28. The molecule has 0 bridgehead atoms. The summed E-state index contributed by atoms with van der Waals surface area (Å²) in [6.07, 6.45) is 2.20. The van der Waals surface area contributed by atoms with Crippen LogP contribution in [0.25, 0.3) is 22.6 Å². The molecule has 4 aromatic rings. The van der Waals surface area contributed by atoms with Crippen LogP contribution in [0.4, 0.5) is 0 Å². The number of thiophene rings is 1. The largest absolute Gasteiger partial charge is 0.383 e. The van der Waals surface area contributed by atoms with Crippen LogP contribution in [0, 0.1) is 0 Å². The maximum absolute atomic E-state index is 11.1. The summed E-state index contributed by atoms with van der Waals surface area (Å²) in [6.45, 7) is 0. The molecule has 0 saturated carbocycles. The Bertz CT molecular complexity index is 1100. The van der Waals surface area contributed by atoms with Gasteiger partial charge in [0, 0.05) is 34.1 Å². The first kappa shape index (κ1) is 18.5. The third-order valence-electron chi connectivity index (χ3n) is 4.00. The van der Waals surface area contributed by atoms with Crippen LogP contribution in [0.2, 0.25) is 13.7 Å². The van der Waals surface area contributed by atoms with E-state index >= 15 is 0 Å². The van der Waals surface area contributed by atoms with Crippen molar-refractivity contribution < 1.29 is 9.63 Å². The summed E-state index contributed by atoms with van der Waals surface area (Å²) in [5.74, 6) is 0.405. The number of aromatic nitrogens is 2. The quantitative estimate of drug-likeness (QED) is 0.395. The zero-order chi connectivity index (χ0) is 19.0. The molecule has 0 fully saturated rings. The second-order valence-corrected chi connectivity index (χ2v) is 8.43. The first-order valence-electron chi connectivity index (χ1n) is 7.83. The number of halogens is 3. The fraction of sp³-hybridized carbons (Fsp3) is 0.0526. The van der Waals surface area contributed by atoms with Crippen LogP contribution in [0.15, 0.2) is 59.4 Å². The van der Waals surface area contributed by atoms with Crippen LogP contribution in [0.3, 0.4) is 0 Å². The topological polar surface area (TPSA) is 59.2 Å². The molecule has 0 radical (unpaired) electrons. The van der Waals surface area contributed by atoms with E-state index < -0.39 is 6.10 Å². The molecular weight excluding hydrogens is 427 g/mol. The molecule has 0 spiro atoms. The average molecular weight is 438 g/mol. The molecule has 3 heterocycles. The number of hydrogen-bond donors (Lipinski definition) is 1. The van der Waals surface area contributed by atoms with Crippen molar-refractivity contribution in [1.29, 1.82) is 0 Å². The smallest absolute Gasteiger partial charge is 0.173 e. The van der Waals surface area contributed by atoms with E-state index in [4.69, 9.17) is 39.3 Å². The first-order valence-corrected chi connectivity index (χ1v) is 9.78. The molecule has 1 unspecified atom stereocenters. The fourth-order valence-corrected chi connectivity index (χ4v) is 4.45. The molecule has 4 rings (SSSR count). The van der Waals surface area contributed by atoms with E-state index in [0.29, 0.717) is 47.4 Å². The van der Waals surface area contributed by atoms with Gasteiger partial charge in [0.25, 0.3) is 0 Å². The van der Waals surface area contributed by atoms with Gasteiger partial charge in [-0.25, -0.2) is 0 Å². The van der Waals surface area contributed by atoms with Crippen LogP contribution < -0.4 is 0 Å². The van der Waals surface area contributed by atoms with Crippen molar-refractivity contribution in [2.24, 2.45) is 0 Å². The van der Waals surface area contributed by atoms with Crippen LogP contribution in [0.5, 0.6) is 0 Å². The van der Waals surface area contributed by atoms with Crippen molar-refractivity contribution in [1.82, 2.24) is 10.1 Å². The van der Waals surface area contributed by atoms with Crippen molar-refractivity contribution in [3.8, 4) is 22.6 Å². The summed E-state index contributed by atoms with van der Waals surface area (Å²) in [7, 11) is 0. The van der Waals surface area contributed by atoms with E-state index in [2.05, 4.69) is 10.1 Å². The van der Waals surface area contributed by atoms with E-state index in [0.717, 1.165) is 0 Å². The van der Waals surface area contributed by atoms with Gasteiger partial charge in [-0.2, -0.15) is 0 Å². The first-order chi connectivity index (χ1) is 13.0. The monoisotopic (exact) mass is 436 g/mol. The van der Waals surface area contributed by atoms with Gasteiger partial charge in [0.1, 0.15) is 16.1 Å². The van der Waals surface area contributed by atoms with E-state index in [-0.39, 0.29) is 0 Å². The van der Waals surface area contributed by atoms with Crippen LogP contribution in [-0.2, 0) is 0 Å². The molecule has 0 aliphatic heterocycles. The number of aliphatic hydroxyl groups excluding tert-OH is 1. The molecule has 1 N–H and O–H groups in total. The highest BCUT2D eigenvalue weighted by atomic mass is 35.5. The number of benzene rings is 1. The maximum Gasteiger partial charge on any atom is 0.173 e. The minimum Gasteiger partial charge on any atom is -0.383 e. The van der Waals surface area contributed by atoms with Gasteiger partial charge >= 0.3 is 0 Å². The van der Waals surface area contributed by atoms with Gasteiger partial charge in [-0.1, -0.05) is 58.2 Å². The summed E-state index contributed by atoms with van der Waals surface area (Å²) >= 11 is 19.8. The second kappa shape index (κ2) is 7.62. The van der Waals surface area contributed by atoms with Crippen molar-refractivity contribution >= 4 is 46.1 Å².